The number of phosphoric acid groups is 1. The fourth-order valence-electron chi connectivity index (χ4n) is 9.37. The molecular weight excluding hydrogens is 894 g/mol. The molecule has 0 aromatic rings. The molecule has 418 valence electrons. The molecule has 0 aromatic heterocycles. The zero-order chi connectivity index (χ0) is 51.3. The van der Waals surface area contributed by atoms with Gasteiger partial charge in [-0.25, -0.2) is 0 Å². The standard InChI is InChI=1S/C60H120NO8P/c1-6-8-10-12-14-16-18-20-22-24-26-28-30-32-34-36-38-40-42-44-46-48-50-52-59(62)66-56-58(57-68-70(64,65)67-55-54-61(3,4)5)69-60(63)53-51-49-47-45-43-41-39-37-35-33-31-29-27-25-23-21-19-17-15-13-11-9-7-2/h58H,6-57H2,1-5H3/t58-/m1/s1. The number of hydrogen-bond acceptors (Lipinski definition) is 8. The van der Waals surface area contributed by atoms with Gasteiger partial charge in [-0.15, -0.1) is 0 Å². The van der Waals surface area contributed by atoms with Crippen molar-refractivity contribution >= 4 is 19.8 Å². The second-order valence-corrected chi connectivity index (χ2v) is 23.9. The maximum Gasteiger partial charge on any atom is 0.306 e. The normalized spacial score (nSPS) is 13.2. The predicted octanol–water partition coefficient (Wildman–Crippen LogP) is 18.4. The Labute approximate surface area is 435 Å². The molecule has 0 rings (SSSR count). The topological polar surface area (TPSA) is 111 Å². The lowest BCUT2D eigenvalue weighted by molar-refractivity contribution is -0.870. The number of nitrogens with zero attached hydrogens (tertiary/aromatic N) is 1. The zero-order valence-electron chi connectivity index (χ0n) is 47.5. The van der Waals surface area contributed by atoms with Crippen molar-refractivity contribution in [2.24, 2.45) is 0 Å². The van der Waals surface area contributed by atoms with Crippen LogP contribution in [0.2, 0.25) is 0 Å². The molecule has 0 heterocycles. The molecule has 0 aliphatic heterocycles. The SMILES string of the molecule is CCCCCCCCCCCCCCCCCCCCCCCCCC(=O)OC[C@H](COP(=O)([O-])OCC[N+](C)(C)C)OC(=O)CCCCCCCCCCCCCCCCCCCCCCCCC. The Morgan fingerprint density at radius 1 is 0.386 bits per heavy atom. The number of phosphoric ester groups is 1. The number of unbranched alkanes of at least 4 members (excludes halogenated alkanes) is 44. The molecule has 0 aromatic carbocycles. The van der Waals surface area contributed by atoms with E-state index in [-0.39, 0.29) is 32.0 Å². The highest BCUT2D eigenvalue weighted by Crippen LogP contribution is 2.38. The summed E-state index contributed by atoms with van der Waals surface area (Å²) >= 11 is 0. The van der Waals surface area contributed by atoms with Gasteiger partial charge in [-0.3, -0.25) is 14.2 Å². The summed E-state index contributed by atoms with van der Waals surface area (Å²) in [5.74, 6) is -0.807. The number of rotatable bonds is 58. The Morgan fingerprint density at radius 3 is 0.914 bits per heavy atom. The van der Waals surface area contributed by atoms with Gasteiger partial charge in [0.05, 0.1) is 27.7 Å². The molecule has 0 fully saturated rings. The van der Waals surface area contributed by atoms with E-state index in [9.17, 15) is 19.0 Å². The van der Waals surface area contributed by atoms with Crippen molar-refractivity contribution in [3.05, 3.63) is 0 Å². The van der Waals surface area contributed by atoms with Gasteiger partial charge in [-0.1, -0.05) is 296 Å². The number of ether oxygens (including phenoxy) is 2. The Hall–Kier alpha value is -0.990. The number of hydrogen-bond donors (Lipinski definition) is 0. The van der Waals surface area contributed by atoms with E-state index in [2.05, 4.69) is 13.8 Å². The molecule has 0 bridgehead atoms. The Balaban J connectivity index is 4.07. The van der Waals surface area contributed by atoms with Crippen LogP contribution in [0.4, 0.5) is 0 Å². The minimum absolute atomic E-state index is 0.0250. The minimum Gasteiger partial charge on any atom is -0.756 e. The zero-order valence-corrected chi connectivity index (χ0v) is 48.4. The molecule has 9 nitrogen and oxygen atoms in total. The lowest BCUT2D eigenvalue weighted by Crippen LogP contribution is -2.37. The minimum atomic E-state index is -4.63. The lowest BCUT2D eigenvalue weighted by atomic mass is 10.0. The highest BCUT2D eigenvalue weighted by atomic mass is 31.2. The van der Waals surface area contributed by atoms with Crippen molar-refractivity contribution in [1.29, 1.82) is 0 Å². The molecule has 0 spiro atoms. The smallest absolute Gasteiger partial charge is 0.306 e. The van der Waals surface area contributed by atoms with Crippen molar-refractivity contribution in [3.63, 3.8) is 0 Å². The number of carbonyl (C=O) groups is 2. The molecule has 0 radical (unpaired) electrons. The van der Waals surface area contributed by atoms with Crippen LogP contribution < -0.4 is 4.89 Å². The maximum atomic E-state index is 12.8. The average Bonchev–Trinajstić information content (AvgIpc) is 3.32. The predicted molar refractivity (Wildman–Crippen MR) is 296 cm³/mol. The first-order chi connectivity index (χ1) is 34.0. The molecule has 0 amide bonds. The maximum absolute atomic E-state index is 12.8. The van der Waals surface area contributed by atoms with Gasteiger partial charge in [-0.05, 0) is 12.8 Å². The van der Waals surface area contributed by atoms with Crippen molar-refractivity contribution in [2.45, 2.75) is 328 Å². The molecule has 2 atom stereocenters. The van der Waals surface area contributed by atoms with Gasteiger partial charge in [0.1, 0.15) is 19.8 Å². The molecule has 0 saturated carbocycles. The summed E-state index contributed by atoms with van der Waals surface area (Å²) in [6.07, 6.45) is 60.1. The monoisotopic (exact) mass is 1010 g/mol. The van der Waals surface area contributed by atoms with E-state index in [0.29, 0.717) is 17.4 Å². The summed E-state index contributed by atoms with van der Waals surface area (Å²) in [6.45, 7) is 4.32. The number of esters is 2. The molecule has 0 aliphatic carbocycles. The number of quaternary nitrogens is 1. The average molecular weight is 1010 g/mol. The van der Waals surface area contributed by atoms with Gasteiger partial charge in [0.2, 0.25) is 0 Å². The second-order valence-electron chi connectivity index (χ2n) is 22.4. The van der Waals surface area contributed by atoms with Gasteiger partial charge in [0, 0.05) is 12.8 Å². The van der Waals surface area contributed by atoms with E-state index in [0.717, 1.165) is 32.1 Å². The second kappa shape index (κ2) is 52.9. The van der Waals surface area contributed by atoms with Crippen LogP contribution in [0.5, 0.6) is 0 Å². The van der Waals surface area contributed by atoms with E-state index >= 15 is 0 Å². The molecule has 10 heteroatoms. The molecular formula is C60H120NO8P. The van der Waals surface area contributed by atoms with Gasteiger partial charge in [0.15, 0.2) is 6.10 Å². The number of likely N-dealkylation sites (N-methyl/N-ethyl adjacent to an activating group) is 1. The van der Waals surface area contributed by atoms with Crippen molar-refractivity contribution in [3.8, 4) is 0 Å². The van der Waals surface area contributed by atoms with Crippen LogP contribution in [0.15, 0.2) is 0 Å². The van der Waals surface area contributed by atoms with Crippen LogP contribution >= 0.6 is 7.82 Å². The summed E-state index contributed by atoms with van der Waals surface area (Å²) in [7, 11) is 1.19. The van der Waals surface area contributed by atoms with Crippen LogP contribution in [0.1, 0.15) is 322 Å². The van der Waals surface area contributed by atoms with Crippen LogP contribution in [0.3, 0.4) is 0 Å². The quantitative estimate of drug-likeness (QED) is 0.0256. The van der Waals surface area contributed by atoms with Crippen molar-refractivity contribution < 1.29 is 42.1 Å². The van der Waals surface area contributed by atoms with Gasteiger partial charge < -0.3 is 27.9 Å². The van der Waals surface area contributed by atoms with E-state index in [4.69, 9.17) is 18.5 Å². The Morgan fingerprint density at radius 2 is 0.643 bits per heavy atom. The highest BCUT2D eigenvalue weighted by molar-refractivity contribution is 7.45. The third-order valence-electron chi connectivity index (χ3n) is 14.1. The summed E-state index contributed by atoms with van der Waals surface area (Å²) in [4.78, 5) is 37.9. The first-order valence-corrected chi connectivity index (χ1v) is 32.2. The summed E-state index contributed by atoms with van der Waals surface area (Å²) in [6, 6.07) is 0. The first kappa shape index (κ1) is 69.0. The summed E-state index contributed by atoms with van der Waals surface area (Å²) < 4.78 is 34.2. The van der Waals surface area contributed by atoms with Gasteiger partial charge in [-0.2, -0.15) is 0 Å². The van der Waals surface area contributed by atoms with Crippen LogP contribution in [0, 0.1) is 0 Å². The van der Waals surface area contributed by atoms with Crippen molar-refractivity contribution in [2.75, 3.05) is 47.5 Å². The van der Waals surface area contributed by atoms with E-state index in [1.54, 1.807) is 0 Å². The Kier molecular flexibility index (Phi) is 52.1. The highest BCUT2D eigenvalue weighted by Gasteiger charge is 2.22. The third-order valence-corrected chi connectivity index (χ3v) is 15.1. The third kappa shape index (κ3) is 56.3. The van der Waals surface area contributed by atoms with Crippen LogP contribution in [0.25, 0.3) is 0 Å². The fraction of sp³-hybridized carbons (Fsp3) is 0.967. The largest absolute Gasteiger partial charge is 0.756 e. The molecule has 0 N–H and O–H groups in total. The fourth-order valence-corrected chi connectivity index (χ4v) is 10.1. The molecule has 70 heavy (non-hydrogen) atoms. The van der Waals surface area contributed by atoms with E-state index < -0.39 is 26.5 Å². The van der Waals surface area contributed by atoms with Crippen LogP contribution in [-0.4, -0.2) is 70.0 Å². The van der Waals surface area contributed by atoms with Gasteiger partial charge in [0.25, 0.3) is 7.82 Å². The first-order valence-electron chi connectivity index (χ1n) is 30.7. The van der Waals surface area contributed by atoms with Gasteiger partial charge >= 0.3 is 11.9 Å². The lowest BCUT2D eigenvalue weighted by Gasteiger charge is -2.28. The molecule has 1 unspecified atom stereocenters. The Bertz CT molecular complexity index is 1150. The van der Waals surface area contributed by atoms with E-state index in [1.807, 2.05) is 21.1 Å². The summed E-state index contributed by atoms with van der Waals surface area (Å²) in [5.41, 5.74) is 0. The molecule has 0 saturated heterocycles. The van der Waals surface area contributed by atoms with Crippen LogP contribution in [-0.2, 0) is 32.7 Å². The molecule has 0 aliphatic rings. The van der Waals surface area contributed by atoms with E-state index in [1.165, 1.54) is 257 Å². The summed E-state index contributed by atoms with van der Waals surface area (Å²) in [5, 5.41) is 0. The number of carbonyl (C=O) groups excluding carboxylic acids is 2. The van der Waals surface area contributed by atoms with Crippen molar-refractivity contribution in [1.82, 2.24) is 0 Å².